The third-order valence-electron chi connectivity index (χ3n) is 3.62. The van der Waals surface area contributed by atoms with Crippen molar-refractivity contribution in [2.75, 3.05) is 5.32 Å². The van der Waals surface area contributed by atoms with E-state index in [1.165, 1.54) is 12.1 Å². The Labute approximate surface area is 139 Å². The summed E-state index contributed by atoms with van der Waals surface area (Å²) in [5.74, 6) is 0.756. The minimum Gasteiger partial charge on any atom is -0.392 e. The molecule has 6 heteroatoms. The second kappa shape index (κ2) is 7.23. The van der Waals surface area contributed by atoms with Crippen LogP contribution in [0.1, 0.15) is 35.8 Å². The molecule has 5 nitrogen and oxygen atoms in total. The quantitative estimate of drug-likeness (QED) is 0.725. The van der Waals surface area contributed by atoms with Crippen molar-refractivity contribution in [3.63, 3.8) is 0 Å². The van der Waals surface area contributed by atoms with Gasteiger partial charge in [-0.3, -0.25) is 0 Å². The molecular weight excluding hydrogens is 309 g/mol. The highest BCUT2D eigenvalue weighted by atomic mass is 19.1. The van der Waals surface area contributed by atoms with Gasteiger partial charge in [-0.25, -0.2) is 4.39 Å². The Bertz CT molecular complexity index is 802. The van der Waals surface area contributed by atoms with Crippen molar-refractivity contribution < 1.29 is 14.0 Å². The van der Waals surface area contributed by atoms with E-state index in [1.807, 2.05) is 31.2 Å². The first-order chi connectivity index (χ1) is 11.6. The first-order valence-corrected chi connectivity index (χ1v) is 7.67. The van der Waals surface area contributed by atoms with E-state index in [0.29, 0.717) is 18.1 Å². The number of aliphatic hydroxyl groups excluding tert-OH is 1. The standard InChI is InChI=1S/C18H18FN3O2/c1-12(20-16-4-2-3-14(9-16)11-23)18-21-17(22-24-18)10-13-5-7-15(19)8-6-13/h2-9,12,20,23H,10-11H2,1H3/t12-/m0/s1. The molecule has 2 aromatic carbocycles. The van der Waals surface area contributed by atoms with Crippen LogP contribution in [0.2, 0.25) is 0 Å². The minimum absolute atomic E-state index is 0.00766. The molecule has 1 heterocycles. The lowest BCUT2D eigenvalue weighted by atomic mass is 10.1. The third-order valence-corrected chi connectivity index (χ3v) is 3.62. The molecule has 0 saturated carbocycles. The van der Waals surface area contributed by atoms with Gasteiger partial charge in [-0.15, -0.1) is 0 Å². The van der Waals surface area contributed by atoms with Crippen LogP contribution in [0.25, 0.3) is 0 Å². The molecule has 0 saturated heterocycles. The van der Waals surface area contributed by atoms with E-state index < -0.39 is 0 Å². The predicted octanol–water partition coefficient (Wildman–Crippen LogP) is 3.46. The molecule has 0 spiro atoms. The first-order valence-electron chi connectivity index (χ1n) is 7.67. The van der Waals surface area contributed by atoms with Crippen LogP contribution in [0.3, 0.4) is 0 Å². The van der Waals surface area contributed by atoms with Gasteiger partial charge in [0.2, 0.25) is 5.89 Å². The molecule has 0 bridgehead atoms. The zero-order chi connectivity index (χ0) is 16.9. The van der Waals surface area contributed by atoms with E-state index in [9.17, 15) is 9.50 Å². The van der Waals surface area contributed by atoms with Gasteiger partial charge < -0.3 is 14.9 Å². The van der Waals surface area contributed by atoms with Crippen LogP contribution in [0.4, 0.5) is 10.1 Å². The van der Waals surface area contributed by atoms with Crippen molar-refractivity contribution in [2.24, 2.45) is 0 Å². The number of rotatable bonds is 6. The van der Waals surface area contributed by atoms with Crippen LogP contribution in [-0.4, -0.2) is 15.2 Å². The average molecular weight is 327 g/mol. The number of nitrogens with one attached hydrogen (secondary N) is 1. The molecule has 0 aliphatic rings. The molecule has 1 aromatic heterocycles. The molecular formula is C18H18FN3O2. The maximum absolute atomic E-state index is 12.9. The summed E-state index contributed by atoms with van der Waals surface area (Å²) in [5, 5.41) is 16.4. The van der Waals surface area contributed by atoms with Gasteiger partial charge in [0, 0.05) is 12.1 Å². The zero-order valence-electron chi connectivity index (χ0n) is 13.2. The lowest BCUT2D eigenvalue weighted by molar-refractivity contribution is 0.282. The number of benzene rings is 2. The lowest BCUT2D eigenvalue weighted by Crippen LogP contribution is -2.07. The van der Waals surface area contributed by atoms with Gasteiger partial charge in [-0.2, -0.15) is 4.98 Å². The van der Waals surface area contributed by atoms with E-state index >= 15 is 0 Å². The summed E-state index contributed by atoms with van der Waals surface area (Å²) in [6.07, 6.45) is 0.483. The molecule has 3 aromatic rings. The number of nitrogens with zero attached hydrogens (tertiary/aromatic N) is 2. The molecule has 0 amide bonds. The highest BCUT2D eigenvalue weighted by molar-refractivity contribution is 5.46. The largest absolute Gasteiger partial charge is 0.392 e. The number of aliphatic hydroxyl groups is 1. The van der Waals surface area contributed by atoms with Crippen LogP contribution in [-0.2, 0) is 13.0 Å². The Morgan fingerprint density at radius 3 is 2.71 bits per heavy atom. The third kappa shape index (κ3) is 3.97. The molecule has 2 N–H and O–H groups in total. The normalized spacial score (nSPS) is 12.1. The van der Waals surface area contributed by atoms with Crippen LogP contribution in [0.15, 0.2) is 53.1 Å². The fourth-order valence-corrected chi connectivity index (χ4v) is 2.37. The monoisotopic (exact) mass is 327 g/mol. The number of hydrogen-bond donors (Lipinski definition) is 2. The molecule has 0 aliphatic heterocycles. The van der Waals surface area contributed by atoms with Gasteiger partial charge >= 0.3 is 0 Å². The average Bonchev–Trinajstić information content (AvgIpc) is 3.06. The van der Waals surface area contributed by atoms with Crippen molar-refractivity contribution >= 4 is 5.69 Å². The summed E-state index contributed by atoms with van der Waals surface area (Å²) < 4.78 is 18.2. The number of halogens is 1. The van der Waals surface area contributed by atoms with E-state index in [4.69, 9.17) is 4.52 Å². The molecule has 1 atom stereocenters. The predicted molar refractivity (Wildman–Crippen MR) is 87.9 cm³/mol. The van der Waals surface area contributed by atoms with Gasteiger partial charge in [0.15, 0.2) is 5.82 Å². The SMILES string of the molecule is C[C@H](Nc1cccc(CO)c1)c1nc(Cc2ccc(F)cc2)no1. The van der Waals surface area contributed by atoms with Crippen LogP contribution in [0.5, 0.6) is 0 Å². The molecule has 24 heavy (non-hydrogen) atoms. The molecule has 0 unspecified atom stereocenters. The Kier molecular flexibility index (Phi) is 4.86. The highest BCUT2D eigenvalue weighted by Gasteiger charge is 2.14. The zero-order valence-corrected chi connectivity index (χ0v) is 13.2. The van der Waals surface area contributed by atoms with Crippen molar-refractivity contribution in [1.82, 2.24) is 10.1 Å². The summed E-state index contributed by atoms with van der Waals surface area (Å²) in [7, 11) is 0. The van der Waals surface area contributed by atoms with Crippen LogP contribution < -0.4 is 5.32 Å². The van der Waals surface area contributed by atoms with Gasteiger partial charge in [-0.1, -0.05) is 29.4 Å². The Morgan fingerprint density at radius 1 is 1.17 bits per heavy atom. The van der Waals surface area contributed by atoms with E-state index in [0.717, 1.165) is 16.8 Å². The maximum Gasteiger partial charge on any atom is 0.248 e. The number of anilines is 1. The maximum atomic E-state index is 12.9. The van der Waals surface area contributed by atoms with Crippen LogP contribution >= 0.6 is 0 Å². The molecule has 3 rings (SSSR count). The van der Waals surface area contributed by atoms with Crippen LogP contribution in [0, 0.1) is 5.82 Å². The molecule has 0 radical (unpaired) electrons. The number of aromatic nitrogens is 2. The summed E-state index contributed by atoms with van der Waals surface area (Å²) >= 11 is 0. The van der Waals surface area contributed by atoms with Crippen molar-refractivity contribution in [2.45, 2.75) is 26.0 Å². The number of hydrogen-bond acceptors (Lipinski definition) is 5. The molecule has 0 aliphatic carbocycles. The summed E-state index contributed by atoms with van der Waals surface area (Å²) in [4.78, 5) is 4.38. The van der Waals surface area contributed by atoms with E-state index in [2.05, 4.69) is 15.5 Å². The van der Waals surface area contributed by atoms with E-state index in [1.54, 1.807) is 12.1 Å². The molecule has 0 fully saturated rings. The fraction of sp³-hybridized carbons (Fsp3) is 0.222. The van der Waals surface area contributed by atoms with Gasteiger partial charge in [0.1, 0.15) is 11.9 Å². The summed E-state index contributed by atoms with van der Waals surface area (Å²) in [6.45, 7) is 1.91. The second-order valence-electron chi connectivity index (χ2n) is 5.58. The van der Waals surface area contributed by atoms with E-state index in [-0.39, 0.29) is 18.5 Å². The second-order valence-corrected chi connectivity index (χ2v) is 5.58. The summed E-state index contributed by atoms with van der Waals surface area (Å²) in [5.41, 5.74) is 2.61. The van der Waals surface area contributed by atoms with Crippen molar-refractivity contribution in [1.29, 1.82) is 0 Å². The van der Waals surface area contributed by atoms with Gasteiger partial charge in [-0.05, 0) is 42.3 Å². The fourth-order valence-electron chi connectivity index (χ4n) is 2.37. The van der Waals surface area contributed by atoms with Crippen molar-refractivity contribution in [3.05, 3.63) is 77.2 Å². The molecule has 124 valence electrons. The lowest BCUT2D eigenvalue weighted by Gasteiger charge is -2.11. The topological polar surface area (TPSA) is 71.2 Å². The van der Waals surface area contributed by atoms with Gasteiger partial charge in [0.05, 0.1) is 6.61 Å². The van der Waals surface area contributed by atoms with Crippen molar-refractivity contribution in [3.8, 4) is 0 Å². The Hall–Kier alpha value is -2.73. The smallest absolute Gasteiger partial charge is 0.248 e. The van der Waals surface area contributed by atoms with Gasteiger partial charge in [0.25, 0.3) is 0 Å². The first kappa shape index (κ1) is 16.1. The Morgan fingerprint density at radius 2 is 1.96 bits per heavy atom. The summed E-state index contributed by atoms with van der Waals surface area (Å²) in [6, 6.07) is 13.5. The minimum atomic E-state index is -0.268. The highest BCUT2D eigenvalue weighted by Crippen LogP contribution is 2.19. The Balaban J connectivity index is 1.66.